The Morgan fingerprint density at radius 3 is 2.47 bits per heavy atom. The molecule has 11 heteroatoms. The van der Waals surface area contributed by atoms with Crippen molar-refractivity contribution in [1.29, 1.82) is 5.41 Å². The highest BCUT2D eigenvalue weighted by atomic mass is 35.5. The molecule has 1 aliphatic rings. The van der Waals surface area contributed by atoms with Gasteiger partial charge < -0.3 is 10.6 Å². The number of aromatic nitrogens is 1. The number of guanidine groups is 1. The number of hydrogen-bond acceptors (Lipinski definition) is 5. The normalized spacial score (nSPS) is 15.1. The van der Waals surface area contributed by atoms with E-state index in [4.69, 9.17) is 33.4 Å². The highest BCUT2D eigenvalue weighted by Crippen LogP contribution is 2.23. The van der Waals surface area contributed by atoms with Crippen LogP contribution in [-0.2, 0) is 14.9 Å². The summed E-state index contributed by atoms with van der Waals surface area (Å²) in [4.78, 5) is 11.3. The molecule has 1 heterocycles. The first-order valence-corrected chi connectivity index (χ1v) is 12.8. The Morgan fingerprint density at radius 2 is 1.77 bits per heavy atom. The van der Waals surface area contributed by atoms with Crippen molar-refractivity contribution in [2.24, 2.45) is 5.92 Å². The van der Waals surface area contributed by atoms with Gasteiger partial charge in [0.25, 0.3) is 0 Å². The van der Waals surface area contributed by atoms with E-state index in [2.05, 4.69) is 20.5 Å². The fraction of sp³-hybridized carbons (Fsp3) is 0.684. The molecule has 170 valence electrons. The molecule has 2 rings (SSSR count). The molecule has 30 heavy (non-hydrogen) atoms. The van der Waals surface area contributed by atoms with E-state index in [0.29, 0.717) is 31.2 Å². The zero-order valence-corrected chi connectivity index (χ0v) is 19.4. The lowest BCUT2D eigenvalue weighted by atomic mass is 9.90. The minimum atomic E-state index is -3.39. The van der Waals surface area contributed by atoms with Crippen LogP contribution < -0.4 is 15.5 Å². The topological polar surface area (TPSA) is 116 Å². The summed E-state index contributed by atoms with van der Waals surface area (Å²) in [7, 11) is -3.39. The van der Waals surface area contributed by atoms with E-state index in [9.17, 15) is 8.42 Å². The molecule has 0 saturated heterocycles. The van der Waals surface area contributed by atoms with Crippen LogP contribution in [0.3, 0.4) is 0 Å². The molecule has 0 atom stereocenters. The maximum absolute atomic E-state index is 12.0. The summed E-state index contributed by atoms with van der Waals surface area (Å²) < 4.78 is 23.9. The molecule has 1 saturated carbocycles. The maximum Gasteiger partial charge on any atom is 0.233 e. The van der Waals surface area contributed by atoms with Crippen molar-refractivity contribution in [2.45, 2.75) is 57.8 Å². The lowest BCUT2D eigenvalue weighted by Crippen LogP contribution is -2.30. The maximum atomic E-state index is 12.0. The molecule has 1 aromatic rings. The third kappa shape index (κ3) is 10.8. The Kier molecular flexibility index (Phi) is 11.2. The van der Waals surface area contributed by atoms with E-state index < -0.39 is 10.0 Å². The van der Waals surface area contributed by atoms with Gasteiger partial charge in [-0.3, -0.25) is 10.2 Å². The van der Waals surface area contributed by atoms with E-state index in [1.165, 1.54) is 19.3 Å². The number of anilines is 1. The fourth-order valence-corrected chi connectivity index (χ4v) is 4.72. The Bertz CT molecular complexity index is 753. The minimum Gasteiger partial charge on any atom is -0.356 e. The third-order valence-electron chi connectivity index (χ3n) is 4.90. The van der Waals surface area contributed by atoms with Crippen molar-refractivity contribution >= 4 is 44.9 Å². The van der Waals surface area contributed by atoms with Crippen molar-refractivity contribution < 1.29 is 13.3 Å². The van der Waals surface area contributed by atoms with E-state index >= 15 is 0 Å². The van der Waals surface area contributed by atoms with Gasteiger partial charge in [-0.05, 0) is 43.7 Å². The van der Waals surface area contributed by atoms with E-state index in [-0.39, 0.29) is 22.0 Å². The average Bonchev–Trinajstić information content (AvgIpc) is 2.67. The standard InChI is InChI=1S/C19H31Cl2N5O3S/c20-17-12-16(13-18(21)25-17)24-19(22)23-10-6-1-2-7-11-30(27,28)26-29-14-15-8-4-3-5-9-15/h12-13,15,26H,1-11,14H2,(H3,22,23,24,25). The van der Waals surface area contributed by atoms with E-state index in [1.54, 1.807) is 12.1 Å². The quantitative estimate of drug-likeness (QED) is 0.116. The van der Waals surface area contributed by atoms with Crippen molar-refractivity contribution in [3.05, 3.63) is 22.4 Å². The lowest BCUT2D eigenvalue weighted by Gasteiger charge is -2.21. The summed E-state index contributed by atoms with van der Waals surface area (Å²) in [6.45, 7) is 1.07. The Morgan fingerprint density at radius 1 is 1.10 bits per heavy atom. The molecular formula is C19H31Cl2N5O3S. The summed E-state index contributed by atoms with van der Waals surface area (Å²) >= 11 is 11.6. The van der Waals surface area contributed by atoms with Crippen LogP contribution in [0.25, 0.3) is 0 Å². The molecule has 1 fully saturated rings. The van der Waals surface area contributed by atoms with Crippen molar-refractivity contribution in [2.75, 3.05) is 24.2 Å². The third-order valence-corrected chi connectivity index (χ3v) is 6.49. The van der Waals surface area contributed by atoms with Gasteiger partial charge in [0, 0.05) is 12.2 Å². The molecule has 8 nitrogen and oxygen atoms in total. The van der Waals surface area contributed by atoms with Crippen LogP contribution in [0.5, 0.6) is 0 Å². The monoisotopic (exact) mass is 479 g/mol. The Hall–Kier alpha value is -1.13. The van der Waals surface area contributed by atoms with Crippen LogP contribution in [0.2, 0.25) is 10.3 Å². The van der Waals surface area contributed by atoms with Crippen molar-refractivity contribution in [3.8, 4) is 0 Å². The predicted octanol–water partition coefficient (Wildman–Crippen LogP) is 4.32. The van der Waals surface area contributed by atoms with Gasteiger partial charge in [-0.15, -0.1) is 0 Å². The lowest BCUT2D eigenvalue weighted by molar-refractivity contribution is 0.0519. The van der Waals surface area contributed by atoms with Crippen LogP contribution >= 0.6 is 23.2 Å². The molecule has 0 radical (unpaired) electrons. The smallest absolute Gasteiger partial charge is 0.233 e. The summed E-state index contributed by atoms with van der Waals surface area (Å²) in [5, 5.41) is 14.2. The number of halogens is 2. The minimum absolute atomic E-state index is 0.0615. The van der Waals surface area contributed by atoms with Crippen molar-refractivity contribution in [3.63, 3.8) is 0 Å². The van der Waals surface area contributed by atoms with Gasteiger partial charge in [0.05, 0.1) is 12.4 Å². The van der Waals surface area contributed by atoms with Gasteiger partial charge in [-0.2, -0.15) is 0 Å². The molecule has 0 aromatic carbocycles. The highest BCUT2D eigenvalue weighted by Gasteiger charge is 2.15. The zero-order chi connectivity index (χ0) is 21.8. The van der Waals surface area contributed by atoms with Crippen LogP contribution in [0.4, 0.5) is 5.69 Å². The molecule has 0 unspecified atom stereocenters. The van der Waals surface area contributed by atoms with Gasteiger partial charge in [0.2, 0.25) is 10.0 Å². The zero-order valence-electron chi connectivity index (χ0n) is 17.1. The van der Waals surface area contributed by atoms with Gasteiger partial charge in [0.1, 0.15) is 10.3 Å². The second-order valence-corrected chi connectivity index (χ2v) is 10.1. The second kappa shape index (κ2) is 13.3. The number of unbranched alkanes of at least 4 members (excludes halogenated alkanes) is 3. The second-order valence-electron chi connectivity index (χ2n) is 7.56. The fourth-order valence-electron chi connectivity index (χ4n) is 3.35. The summed E-state index contributed by atoms with van der Waals surface area (Å²) in [6.07, 6.45) is 8.98. The van der Waals surface area contributed by atoms with Crippen LogP contribution in [0, 0.1) is 11.3 Å². The number of nitrogens with one attached hydrogen (secondary N) is 4. The van der Waals surface area contributed by atoms with Gasteiger partial charge >= 0.3 is 0 Å². The number of pyridine rings is 1. The first kappa shape index (κ1) is 25.1. The van der Waals surface area contributed by atoms with E-state index in [0.717, 1.165) is 32.1 Å². The summed E-state index contributed by atoms with van der Waals surface area (Å²) in [5.41, 5.74) is 0.584. The largest absolute Gasteiger partial charge is 0.356 e. The number of rotatable bonds is 12. The van der Waals surface area contributed by atoms with Gasteiger partial charge in [-0.1, -0.05) is 60.2 Å². The SMILES string of the molecule is N=C(NCCCCCCS(=O)(=O)NOCC1CCCCC1)Nc1cc(Cl)nc(Cl)c1. The van der Waals surface area contributed by atoms with Gasteiger partial charge in [0.15, 0.2) is 5.96 Å². The van der Waals surface area contributed by atoms with Crippen molar-refractivity contribution in [1.82, 2.24) is 15.2 Å². The Balaban J connectivity index is 1.49. The summed E-state index contributed by atoms with van der Waals surface area (Å²) in [5.74, 6) is 0.663. The van der Waals surface area contributed by atoms with E-state index in [1.807, 2.05) is 0 Å². The molecule has 4 N–H and O–H groups in total. The molecule has 0 spiro atoms. The van der Waals surface area contributed by atoms with Crippen LogP contribution in [-0.4, -0.2) is 38.3 Å². The highest BCUT2D eigenvalue weighted by molar-refractivity contribution is 7.89. The number of sulfonamides is 1. The molecule has 0 aliphatic heterocycles. The first-order valence-electron chi connectivity index (χ1n) is 10.4. The molecule has 1 aliphatic carbocycles. The molecule has 0 bridgehead atoms. The Labute approximate surface area is 189 Å². The number of hydrogen-bond donors (Lipinski definition) is 4. The average molecular weight is 480 g/mol. The summed E-state index contributed by atoms with van der Waals surface area (Å²) in [6, 6.07) is 3.16. The van der Waals surface area contributed by atoms with Crippen LogP contribution in [0.15, 0.2) is 12.1 Å². The van der Waals surface area contributed by atoms with Crippen LogP contribution in [0.1, 0.15) is 57.8 Å². The molecule has 0 amide bonds. The molecule has 1 aromatic heterocycles. The first-order chi connectivity index (χ1) is 14.3. The predicted molar refractivity (Wildman–Crippen MR) is 122 cm³/mol. The van der Waals surface area contributed by atoms with Gasteiger partial charge in [-0.25, -0.2) is 13.4 Å². The molecular weight excluding hydrogens is 449 g/mol. The number of nitrogens with zero attached hydrogens (tertiary/aromatic N) is 1.